The van der Waals surface area contributed by atoms with Crippen LogP contribution in [0.25, 0.3) is 0 Å². The Labute approximate surface area is 117 Å². The van der Waals surface area contributed by atoms with Gasteiger partial charge in [0.2, 0.25) is 0 Å². The van der Waals surface area contributed by atoms with Crippen LogP contribution < -0.4 is 5.32 Å². The summed E-state index contributed by atoms with van der Waals surface area (Å²) in [5.74, 6) is 0. The molecule has 1 aliphatic carbocycles. The Kier molecular flexibility index (Phi) is 5.00. The Morgan fingerprint density at radius 3 is 2.63 bits per heavy atom. The first kappa shape index (κ1) is 14.5. The summed E-state index contributed by atoms with van der Waals surface area (Å²) >= 11 is 0. The lowest BCUT2D eigenvalue weighted by Crippen LogP contribution is -2.40. The Balaban J connectivity index is 2.04. The average Bonchev–Trinajstić information content (AvgIpc) is 2.55. The smallest absolute Gasteiger partial charge is 0.0693 e. The van der Waals surface area contributed by atoms with E-state index in [0.29, 0.717) is 6.04 Å². The van der Waals surface area contributed by atoms with Crippen LogP contribution in [0.3, 0.4) is 0 Å². The molecule has 2 nitrogen and oxygen atoms in total. The predicted octanol–water partition coefficient (Wildman–Crippen LogP) is 3.65. The molecule has 2 N–H and O–H groups in total. The van der Waals surface area contributed by atoms with Crippen molar-refractivity contribution in [3.63, 3.8) is 0 Å². The number of aryl methyl sites for hydroxylation is 2. The zero-order valence-corrected chi connectivity index (χ0v) is 12.4. The zero-order chi connectivity index (χ0) is 13.8. The summed E-state index contributed by atoms with van der Waals surface area (Å²) in [4.78, 5) is 0. The highest BCUT2D eigenvalue weighted by Gasteiger charge is 2.23. The van der Waals surface area contributed by atoms with Gasteiger partial charge in [0.05, 0.1) is 6.10 Å². The number of hydrogen-bond acceptors (Lipinski definition) is 2. The van der Waals surface area contributed by atoms with Gasteiger partial charge < -0.3 is 10.4 Å². The number of hydrogen-bond donors (Lipinski definition) is 2. The highest BCUT2D eigenvalue weighted by Crippen LogP contribution is 2.23. The lowest BCUT2D eigenvalue weighted by Gasteiger charge is -2.27. The molecule has 0 saturated heterocycles. The van der Waals surface area contributed by atoms with Crippen LogP contribution in [0, 0.1) is 13.8 Å². The van der Waals surface area contributed by atoms with Crippen molar-refractivity contribution in [2.45, 2.75) is 71.1 Å². The molecule has 3 atom stereocenters. The van der Waals surface area contributed by atoms with Crippen LogP contribution in [0.2, 0.25) is 0 Å². The third-order valence-corrected chi connectivity index (χ3v) is 4.34. The molecule has 0 spiro atoms. The van der Waals surface area contributed by atoms with Gasteiger partial charge in [0.25, 0.3) is 0 Å². The maximum atomic E-state index is 10.2. The standard InChI is InChI=1S/C17H27NO/c1-12-9-10-15(13(2)11-12)14(3)18-16-7-5-4-6-8-17(16)19/h9-11,14,16-19H,4-8H2,1-3H3. The second-order valence-electron chi connectivity index (χ2n) is 6.06. The van der Waals surface area contributed by atoms with Crippen molar-refractivity contribution >= 4 is 0 Å². The van der Waals surface area contributed by atoms with Crippen molar-refractivity contribution in [3.05, 3.63) is 34.9 Å². The van der Waals surface area contributed by atoms with Crippen LogP contribution in [0.15, 0.2) is 18.2 Å². The van der Waals surface area contributed by atoms with Gasteiger partial charge in [0.1, 0.15) is 0 Å². The van der Waals surface area contributed by atoms with Crippen molar-refractivity contribution < 1.29 is 5.11 Å². The molecular weight excluding hydrogens is 234 g/mol. The fourth-order valence-corrected chi connectivity index (χ4v) is 3.20. The Morgan fingerprint density at radius 2 is 1.89 bits per heavy atom. The highest BCUT2D eigenvalue weighted by molar-refractivity contribution is 5.32. The first-order valence-electron chi connectivity index (χ1n) is 7.59. The second kappa shape index (κ2) is 6.53. The molecule has 19 heavy (non-hydrogen) atoms. The molecule has 0 aliphatic heterocycles. The molecule has 1 aliphatic rings. The summed E-state index contributed by atoms with van der Waals surface area (Å²) in [6.07, 6.45) is 5.50. The molecule has 0 heterocycles. The van der Waals surface area contributed by atoms with Gasteiger partial charge in [0.15, 0.2) is 0 Å². The Bertz CT molecular complexity index is 416. The zero-order valence-electron chi connectivity index (χ0n) is 12.4. The molecule has 3 unspecified atom stereocenters. The monoisotopic (exact) mass is 261 g/mol. The van der Waals surface area contributed by atoms with Crippen LogP contribution in [0.4, 0.5) is 0 Å². The van der Waals surface area contributed by atoms with Gasteiger partial charge >= 0.3 is 0 Å². The van der Waals surface area contributed by atoms with Crippen LogP contribution in [-0.4, -0.2) is 17.3 Å². The lowest BCUT2D eigenvalue weighted by atomic mass is 9.98. The summed E-state index contributed by atoms with van der Waals surface area (Å²) < 4.78 is 0. The summed E-state index contributed by atoms with van der Waals surface area (Å²) in [6.45, 7) is 6.50. The van der Waals surface area contributed by atoms with E-state index in [1.165, 1.54) is 29.5 Å². The Hall–Kier alpha value is -0.860. The van der Waals surface area contributed by atoms with Crippen molar-refractivity contribution in [1.29, 1.82) is 0 Å². The second-order valence-corrected chi connectivity index (χ2v) is 6.06. The Morgan fingerprint density at radius 1 is 1.16 bits per heavy atom. The fourth-order valence-electron chi connectivity index (χ4n) is 3.20. The molecule has 1 fully saturated rings. The van der Waals surface area contributed by atoms with Gasteiger partial charge in [-0.2, -0.15) is 0 Å². The maximum Gasteiger partial charge on any atom is 0.0693 e. The summed E-state index contributed by atoms with van der Waals surface area (Å²) in [6, 6.07) is 7.17. The van der Waals surface area contributed by atoms with E-state index in [1.54, 1.807) is 0 Å². The van der Waals surface area contributed by atoms with Gasteiger partial charge in [0, 0.05) is 12.1 Å². The third-order valence-electron chi connectivity index (χ3n) is 4.34. The van der Waals surface area contributed by atoms with E-state index in [1.807, 2.05) is 0 Å². The van der Waals surface area contributed by atoms with Gasteiger partial charge in [-0.1, -0.05) is 43.0 Å². The first-order chi connectivity index (χ1) is 9.08. The normalized spacial score (nSPS) is 25.9. The minimum atomic E-state index is -0.185. The average molecular weight is 261 g/mol. The van der Waals surface area contributed by atoms with Crippen LogP contribution in [-0.2, 0) is 0 Å². The minimum Gasteiger partial charge on any atom is -0.392 e. The number of aliphatic hydroxyl groups is 1. The van der Waals surface area contributed by atoms with Gasteiger partial charge in [-0.15, -0.1) is 0 Å². The molecule has 2 rings (SSSR count). The highest BCUT2D eigenvalue weighted by atomic mass is 16.3. The van der Waals surface area contributed by atoms with Crippen molar-refractivity contribution in [2.24, 2.45) is 0 Å². The molecule has 1 aromatic carbocycles. The number of benzene rings is 1. The lowest BCUT2D eigenvalue weighted by molar-refractivity contribution is 0.115. The van der Waals surface area contributed by atoms with Crippen LogP contribution >= 0.6 is 0 Å². The summed E-state index contributed by atoms with van der Waals surface area (Å²) in [5.41, 5.74) is 3.99. The van der Waals surface area contributed by atoms with E-state index < -0.39 is 0 Å². The fraction of sp³-hybridized carbons (Fsp3) is 0.647. The van der Waals surface area contributed by atoms with E-state index in [2.05, 4.69) is 44.3 Å². The molecule has 0 radical (unpaired) electrons. The minimum absolute atomic E-state index is 0.185. The number of rotatable bonds is 3. The molecule has 0 amide bonds. The van der Waals surface area contributed by atoms with Crippen LogP contribution in [0.5, 0.6) is 0 Å². The molecule has 1 aromatic rings. The van der Waals surface area contributed by atoms with E-state index in [4.69, 9.17) is 0 Å². The topological polar surface area (TPSA) is 32.3 Å². The largest absolute Gasteiger partial charge is 0.392 e. The SMILES string of the molecule is Cc1ccc(C(C)NC2CCCCCC2O)c(C)c1. The van der Waals surface area contributed by atoms with Gasteiger partial charge in [-0.25, -0.2) is 0 Å². The molecule has 1 saturated carbocycles. The van der Waals surface area contributed by atoms with Crippen molar-refractivity contribution in [3.8, 4) is 0 Å². The summed E-state index contributed by atoms with van der Waals surface area (Å²) in [5, 5.41) is 13.8. The van der Waals surface area contributed by atoms with Crippen molar-refractivity contribution in [1.82, 2.24) is 5.32 Å². The molecule has 0 bridgehead atoms. The molecule has 2 heteroatoms. The van der Waals surface area contributed by atoms with E-state index in [-0.39, 0.29) is 12.1 Å². The molecule has 106 valence electrons. The van der Waals surface area contributed by atoms with Gasteiger partial charge in [-0.05, 0) is 44.7 Å². The summed E-state index contributed by atoms with van der Waals surface area (Å²) in [7, 11) is 0. The number of aliphatic hydroxyl groups excluding tert-OH is 1. The maximum absolute atomic E-state index is 10.2. The van der Waals surface area contributed by atoms with Crippen molar-refractivity contribution in [2.75, 3.05) is 0 Å². The van der Waals surface area contributed by atoms with E-state index in [9.17, 15) is 5.11 Å². The number of nitrogens with one attached hydrogen (secondary N) is 1. The van der Waals surface area contributed by atoms with E-state index in [0.717, 1.165) is 19.3 Å². The van der Waals surface area contributed by atoms with Crippen LogP contribution in [0.1, 0.15) is 61.8 Å². The van der Waals surface area contributed by atoms with E-state index >= 15 is 0 Å². The van der Waals surface area contributed by atoms with Gasteiger partial charge in [-0.3, -0.25) is 0 Å². The first-order valence-corrected chi connectivity index (χ1v) is 7.59. The molecular formula is C17H27NO. The molecule has 0 aromatic heterocycles. The quantitative estimate of drug-likeness (QED) is 0.814. The third kappa shape index (κ3) is 3.80. The predicted molar refractivity (Wildman–Crippen MR) is 80.3 cm³/mol.